The molecule has 2 aromatic heterocycles. The fourth-order valence-corrected chi connectivity index (χ4v) is 4.30. The molecule has 1 fully saturated rings. The second-order valence-corrected chi connectivity index (χ2v) is 8.77. The smallest absolute Gasteiger partial charge is 0.233 e. The van der Waals surface area contributed by atoms with Gasteiger partial charge in [-0.15, -0.1) is 0 Å². The minimum absolute atomic E-state index is 0.0963. The van der Waals surface area contributed by atoms with Gasteiger partial charge in [-0.25, -0.2) is 27.8 Å². The zero-order valence-electron chi connectivity index (χ0n) is 16.1. The lowest BCUT2D eigenvalue weighted by atomic mass is 10.1. The molecule has 3 heterocycles. The maximum Gasteiger partial charge on any atom is 0.233 e. The van der Waals surface area contributed by atoms with Crippen molar-refractivity contribution in [1.29, 1.82) is 0 Å². The number of nitrogens with zero attached hydrogens (tertiary/aromatic N) is 4. The van der Waals surface area contributed by atoms with Crippen LogP contribution in [0.5, 0.6) is 0 Å². The quantitative estimate of drug-likeness (QED) is 0.601. The van der Waals surface area contributed by atoms with Crippen LogP contribution in [0.4, 0.5) is 15.9 Å². The number of halogens is 1. The van der Waals surface area contributed by atoms with E-state index in [1.54, 1.807) is 12.1 Å². The van der Waals surface area contributed by atoms with Crippen molar-refractivity contribution in [2.75, 3.05) is 49.1 Å². The Morgan fingerprint density at radius 1 is 1.17 bits per heavy atom. The number of rotatable bonds is 6. The first-order valence-electron chi connectivity index (χ1n) is 9.38. The lowest BCUT2D eigenvalue weighted by Crippen LogP contribution is -2.39. The molecule has 3 N–H and O–H groups in total. The molecule has 1 aromatic carbocycles. The summed E-state index contributed by atoms with van der Waals surface area (Å²) in [6, 6.07) is 7.31. The number of hydrogen-bond donors (Lipinski definition) is 2. The number of pyridine rings is 1. The lowest BCUT2D eigenvalue weighted by Gasteiger charge is -2.26. The van der Waals surface area contributed by atoms with Gasteiger partial charge in [0, 0.05) is 25.2 Å². The number of sulfonamides is 1. The van der Waals surface area contributed by atoms with Crippen LogP contribution >= 0.6 is 0 Å². The summed E-state index contributed by atoms with van der Waals surface area (Å²) >= 11 is 0. The summed E-state index contributed by atoms with van der Waals surface area (Å²) in [6.45, 7) is 2.96. The van der Waals surface area contributed by atoms with Crippen molar-refractivity contribution in [1.82, 2.24) is 19.9 Å². The van der Waals surface area contributed by atoms with Crippen LogP contribution in [-0.4, -0.2) is 66.9 Å². The highest BCUT2D eigenvalue weighted by Crippen LogP contribution is 2.26. The van der Waals surface area contributed by atoms with Crippen molar-refractivity contribution < 1.29 is 17.5 Å². The number of nitrogens with two attached hydrogens (primary N) is 1. The van der Waals surface area contributed by atoms with Gasteiger partial charge in [0.1, 0.15) is 17.7 Å². The van der Waals surface area contributed by atoms with E-state index in [-0.39, 0.29) is 17.3 Å². The van der Waals surface area contributed by atoms with Crippen molar-refractivity contribution in [2.24, 2.45) is 0 Å². The molecule has 1 aliphatic heterocycles. The molecule has 0 bridgehead atoms. The average molecular weight is 432 g/mol. The van der Waals surface area contributed by atoms with Gasteiger partial charge in [0.25, 0.3) is 0 Å². The number of nitrogen functional groups attached to an aromatic ring is 1. The highest BCUT2D eigenvalue weighted by Gasteiger charge is 2.17. The Balaban J connectivity index is 1.55. The van der Waals surface area contributed by atoms with Gasteiger partial charge >= 0.3 is 0 Å². The van der Waals surface area contributed by atoms with Crippen LogP contribution in [0, 0.1) is 5.82 Å². The molecule has 11 heteroatoms. The summed E-state index contributed by atoms with van der Waals surface area (Å²) < 4.78 is 46.9. The molecular weight excluding hydrogens is 411 g/mol. The van der Waals surface area contributed by atoms with E-state index in [0.29, 0.717) is 55.1 Å². The zero-order chi connectivity index (χ0) is 21.1. The Bertz CT molecular complexity index is 1170. The molecule has 3 aromatic rings. The highest BCUT2D eigenvalue weighted by atomic mass is 32.2. The molecule has 4 rings (SSSR count). The van der Waals surface area contributed by atoms with Gasteiger partial charge in [-0.1, -0.05) is 0 Å². The number of anilines is 2. The van der Waals surface area contributed by atoms with Gasteiger partial charge < -0.3 is 10.5 Å². The van der Waals surface area contributed by atoms with Crippen LogP contribution in [-0.2, 0) is 14.8 Å². The molecule has 0 unspecified atom stereocenters. The maximum atomic E-state index is 14.2. The predicted molar refractivity (Wildman–Crippen MR) is 112 cm³/mol. The van der Waals surface area contributed by atoms with Crippen molar-refractivity contribution in [3.63, 3.8) is 0 Å². The highest BCUT2D eigenvalue weighted by molar-refractivity contribution is 7.92. The molecule has 0 amide bonds. The Kier molecular flexibility index (Phi) is 5.75. The number of hydrogen-bond acceptors (Lipinski definition) is 8. The van der Waals surface area contributed by atoms with Crippen LogP contribution in [0.15, 0.2) is 36.7 Å². The summed E-state index contributed by atoms with van der Waals surface area (Å²) in [4.78, 5) is 14.4. The standard InChI is InChI=1S/C19H21FN6O3S/c20-14-9-13(16-1-2-17-18(24-16)19(21)23-12-22-17)10-15(11-14)25-30(27,28)8-5-26-3-6-29-7-4-26/h1-2,9-12,25H,3-8H2,(H2,21,22,23). The zero-order valence-corrected chi connectivity index (χ0v) is 16.9. The maximum absolute atomic E-state index is 14.2. The number of nitrogens with one attached hydrogen (secondary N) is 1. The SMILES string of the molecule is Nc1ncnc2ccc(-c3cc(F)cc(NS(=O)(=O)CCN4CCOCC4)c3)nc12. The molecule has 0 saturated carbocycles. The number of morpholine rings is 1. The summed E-state index contributed by atoms with van der Waals surface area (Å²) in [5, 5.41) is 0. The molecule has 0 aliphatic carbocycles. The molecule has 158 valence electrons. The van der Waals surface area contributed by atoms with Crippen LogP contribution in [0.1, 0.15) is 0 Å². The molecule has 0 spiro atoms. The number of aromatic nitrogens is 3. The minimum atomic E-state index is -3.65. The lowest BCUT2D eigenvalue weighted by molar-refractivity contribution is 0.0408. The van der Waals surface area contributed by atoms with E-state index in [9.17, 15) is 12.8 Å². The molecule has 1 saturated heterocycles. The van der Waals surface area contributed by atoms with E-state index in [0.717, 1.165) is 6.07 Å². The second-order valence-electron chi connectivity index (χ2n) is 6.93. The summed E-state index contributed by atoms with van der Waals surface area (Å²) in [5.74, 6) is -0.471. The molecule has 0 atom stereocenters. The van der Waals surface area contributed by atoms with E-state index in [2.05, 4.69) is 19.7 Å². The predicted octanol–water partition coefficient (Wildman–Crippen LogP) is 1.49. The van der Waals surface area contributed by atoms with Gasteiger partial charge in [0.05, 0.1) is 35.9 Å². The van der Waals surface area contributed by atoms with Gasteiger partial charge in [-0.2, -0.15) is 0 Å². The van der Waals surface area contributed by atoms with Crippen LogP contribution in [0.25, 0.3) is 22.3 Å². The first-order chi connectivity index (χ1) is 14.4. The second kappa shape index (κ2) is 8.46. The van der Waals surface area contributed by atoms with Crippen molar-refractivity contribution in [3.05, 3.63) is 42.5 Å². The Morgan fingerprint density at radius 3 is 2.77 bits per heavy atom. The monoisotopic (exact) mass is 432 g/mol. The fraction of sp³-hybridized carbons (Fsp3) is 0.316. The van der Waals surface area contributed by atoms with Crippen LogP contribution < -0.4 is 10.5 Å². The van der Waals surface area contributed by atoms with Crippen molar-refractivity contribution in [2.45, 2.75) is 0 Å². The average Bonchev–Trinajstić information content (AvgIpc) is 2.72. The number of fused-ring (bicyclic) bond motifs is 1. The fourth-order valence-electron chi connectivity index (χ4n) is 3.22. The minimum Gasteiger partial charge on any atom is -0.382 e. The Hall–Kier alpha value is -2.89. The summed E-state index contributed by atoms with van der Waals surface area (Å²) in [7, 11) is -3.65. The number of ether oxygens (including phenoxy) is 1. The topological polar surface area (TPSA) is 123 Å². The van der Waals surface area contributed by atoms with Crippen LogP contribution in [0.3, 0.4) is 0 Å². The molecule has 30 heavy (non-hydrogen) atoms. The Morgan fingerprint density at radius 2 is 1.97 bits per heavy atom. The van der Waals surface area contributed by atoms with E-state index >= 15 is 0 Å². The van der Waals surface area contributed by atoms with Gasteiger partial charge in [0.2, 0.25) is 10.0 Å². The first-order valence-corrected chi connectivity index (χ1v) is 11.0. The molecule has 9 nitrogen and oxygen atoms in total. The van der Waals surface area contributed by atoms with Gasteiger partial charge in [0.15, 0.2) is 5.82 Å². The van der Waals surface area contributed by atoms with Crippen molar-refractivity contribution in [3.8, 4) is 11.3 Å². The van der Waals surface area contributed by atoms with E-state index in [1.165, 1.54) is 18.5 Å². The molecular formula is C19H21FN6O3S. The molecule has 1 aliphatic rings. The molecule has 0 radical (unpaired) electrons. The third kappa shape index (κ3) is 4.81. The summed E-state index contributed by atoms with van der Waals surface area (Å²) in [5.41, 5.74) is 7.77. The third-order valence-electron chi connectivity index (χ3n) is 4.76. The van der Waals surface area contributed by atoms with E-state index < -0.39 is 15.8 Å². The normalized spacial score (nSPS) is 15.4. The van der Waals surface area contributed by atoms with Crippen LogP contribution in [0.2, 0.25) is 0 Å². The van der Waals surface area contributed by atoms with E-state index in [1.807, 2.05) is 4.90 Å². The van der Waals surface area contributed by atoms with Crippen molar-refractivity contribution >= 4 is 32.6 Å². The third-order valence-corrected chi connectivity index (χ3v) is 6.02. The Labute approximate surface area is 173 Å². The van der Waals surface area contributed by atoms with E-state index in [4.69, 9.17) is 10.5 Å². The summed E-state index contributed by atoms with van der Waals surface area (Å²) in [6.07, 6.45) is 1.34. The first kappa shape index (κ1) is 20.4. The van der Waals surface area contributed by atoms with Gasteiger partial charge in [-0.3, -0.25) is 9.62 Å². The number of benzene rings is 1. The van der Waals surface area contributed by atoms with Gasteiger partial charge in [-0.05, 0) is 30.3 Å². The largest absolute Gasteiger partial charge is 0.382 e.